The predicted molar refractivity (Wildman–Crippen MR) is 93.9 cm³/mol. The Morgan fingerprint density at radius 3 is 2.42 bits per heavy atom. The van der Waals surface area contributed by atoms with Crippen LogP contribution in [0, 0.1) is 0 Å². The normalized spacial score (nSPS) is 12.5. The summed E-state index contributed by atoms with van der Waals surface area (Å²) in [6, 6.07) is 13.7. The molecule has 0 heterocycles. The first kappa shape index (κ1) is 18.5. The number of carbonyl (C=O) groups is 1. The maximum absolute atomic E-state index is 12.6. The van der Waals surface area contributed by atoms with Gasteiger partial charge in [0.05, 0.1) is 17.4 Å². The molecule has 1 atom stereocenters. The van der Waals surface area contributed by atoms with Crippen LogP contribution in [0.3, 0.4) is 0 Å². The van der Waals surface area contributed by atoms with Crippen molar-refractivity contribution in [3.05, 3.63) is 53.6 Å². The van der Waals surface area contributed by atoms with Crippen molar-refractivity contribution in [1.29, 1.82) is 0 Å². The summed E-state index contributed by atoms with van der Waals surface area (Å²) in [5.41, 5.74) is -1.13. The topological polar surface area (TPSA) is 52.6 Å². The highest BCUT2D eigenvalue weighted by Crippen LogP contribution is 2.25. The highest BCUT2D eigenvalue weighted by Gasteiger charge is 2.31. The quantitative estimate of drug-likeness (QED) is 0.718. The molecule has 2 aromatic carbocycles. The van der Waals surface area contributed by atoms with E-state index in [0.717, 1.165) is 0 Å². The average molecular weight is 367 g/mol. The highest BCUT2D eigenvalue weighted by molar-refractivity contribution is 7.85. The number of carbonyl (C=O) groups excluding carboxylic acids is 1. The lowest BCUT2D eigenvalue weighted by atomic mass is 10.1. The summed E-state index contributed by atoms with van der Waals surface area (Å²) < 4.78 is 23.4. The molecule has 0 N–H and O–H groups in total. The Bertz CT molecular complexity index is 741. The lowest BCUT2D eigenvalue weighted by molar-refractivity contribution is -0.158. The van der Waals surface area contributed by atoms with Gasteiger partial charge in [-0.25, -0.2) is 9.00 Å². The molecule has 0 bridgehead atoms. The van der Waals surface area contributed by atoms with Crippen LogP contribution >= 0.6 is 11.6 Å². The van der Waals surface area contributed by atoms with E-state index in [-0.39, 0.29) is 6.61 Å². The highest BCUT2D eigenvalue weighted by atomic mass is 35.5. The first-order chi connectivity index (χ1) is 11.3. The molecule has 0 saturated carbocycles. The zero-order valence-electron chi connectivity index (χ0n) is 13.7. The van der Waals surface area contributed by atoms with Gasteiger partial charge < -0.3 is 9.47 Å². The van der Waals surface area contributed by atoms with Gasteiger partial charge in [-0.2, -0.15) is 0 Å². The summed E-state index contributed by atoms with van der Waals surface area (Å²) in [7, 11) is -1.36. The van der Waals surface area contributed by atoms with Crippen LogP contribution < -0.4 is 4.74 Å². The van der Waals surface area contributed by atoms with E-state index in [0.29, 0.717) is 20.6 Å². The van der Waals surface area contributed by atoms with Crippen LogP contribution in [-0.4, -0.2) is 22.4 Å². The Labute approximate surface area is 149 Å². The van der Waals surface area contributed by atoms with Gasteiger partial charge in [0.2, 0.25) is 0 Å². The second-order valence-electron chi connectivity index (χ2n) is 5.53. The number of hydrogen-bond acceptors (Lipinski definition) is 4. The van der Waals surface area contributed by atoms with E-state index in [4.69, 9.17) is 21.1 Å². The van der Waals surface area contributed by atoms with Gasteiger partial charge in [0.1, 0.15) is 5.75 Å². The third-order valence-corrected chi connectivity index (χ3v) is 4.82. The molecule has 2 aromatic rings. The van der Waals surface area contributed by atoms with Crippen LogP contribution in [0.1, 0.15) is 20.8 Å². The average Bonchev–Trinajstić information content (AvgIpc) is 2.55. The monoisotopic (exact) mass is 366 g/mol. The van der Waals surface area contributed by atoms with E-state index >= 15 is 0 Å². The lowest BCUT2D eigenvalue weighted by Gasteiger charge is -2.24. The molecule has 2 rings (SSSR count). The minimum Gasteiger partial charge on any atom is -0.476 e. The molecule has 4 nitrogen and oxygen atoms in total. The van der Waals surface area contributed by atoms with E-state index in [1.807, 2.05) is 0 Å². The number of esters is 1. The minimum absolute atomic E-state index is 0.284. The van der Waals surface area contributed by atoms with Crippen LogP contribution in [0.5, 0.6) is 5.75 Å². The third-order valence-electron chi connectivity index (χ3n) is 3.19. The summed E-state index contributed by atoms with van der Waals surface area (Å²) in [5.74, 6) is 0.00194. The van der Waals surface area contributed by atoms with Crippen LogP contribution in [0.15, 0.2) is 58.3 Å². The second-order valence-corrected chi connectivity index (χ2v) is 7.45. The molecule has 0 amide bonds. The van der Waals surface area contributed by atoms with Crippen molar-refractivity contribution in [2.45, 2.75) is 36.2 Å². The third kappa shape index (κ3) is 4.58. The maximum Gasteiger partial charge on any atom is 0.349 e. The molecule has 1 unspecified atom stereocenters. The van der Waals surface area contributed by atoms with Gasteiger partial charge in [-0.05, 0) is 63.2 Å². The number of ether oxygens (including phenoxy) is 2. The summed E-state index contributed by atoms with van der Waals surface area (Å²) in [6.07, 6.45) is 0. The van der Waals surface area contributed by atoms with Crippen molar-refractivity contribution >= 4 is 28.4 Å². The van der Waals surface area contributed by atoms with Crippen molar-refractivity contribution in [3.8, 4) is 5.75 Å². The van der Waals surface area contributed by atoms with E-state index in [1.165, 1.54) is 0 Å². The SMILES string of the molecule is CCOC(=O)C(C)(C)Oc1cccc(S(=O)c2ccc(Cl)cc2)c1. The number of benzene rings is 2. The Balaban J connectivity index is 2.21. The van der Waals surface area contributed by atoms with Gasteiger partial charge in [-0.15, -0.1) is 0 Å². The predicted octanol–water partition coefficient (Wildman–Crippen LogP) is 4.23. The van der Waals surface area contributed by atoms with Crippen molar-refractivity contribution in [3.63, 3.8) is 0 Å². The van der Waals surface area contributed by atoms with Crippen LogP contribution in [-0.2, 0) is 20.3 Å². The molecule has 0 radical (unpaired) electrons. The largest absolute Gasteiger partial charge is 0.476 e. The van der Waals surface area contributed by atoms with Gasteiger partial charge >= 0.3 is 5.97 Å². The smallest absolute Gasteiger partial charge is 0.349 e. The van der Waals surface area contributed by atoms with Gasteiger partial charge in [0, 0.05) is 14.8 Å². The summed E-state index contributed by atoms with van der Waals surface area (Å²) in [6.45, 7) is 5.29. The minimum atomic E-state index is -1.36. The van der Waals surface area contributed by atoms with E-state index in [9.17, 15) is 9.00 Å². The Hall–Kier alpha value is -1.85. The number of rotatable bonds is 6. The maximum atomic E-state index is 12.6. The van der Waals surface area contributed by atoms with Crippen LogP contribution in [0.2, 0.25) is 5.02 Å². The summed E-state index contributed by atoms with van der Waals surface area (Å²) >= 11 is 5.85. The van der Waals surface area contributed by atoms with Gasteiger partial charge in [0.15, 0.2) is 5.60 Å². The fraction of sp³-hybridized carbons (Fsp3) is 0.278. The molecule has 6 heteroatoms. The van der Waals surface area contributed by atoms with E-state index < -0.39 is 22.4 Å². The molecule has 24 heavy (non-hydrogen) atoms. The molecule has 0 aromatic heterocycles. The standard InChI is InChI=1S/C18H19ClO4S/c1-4-22-17(20)18(2,3)23-14-6-5-7-16(12-14)24(21)15-10-8-13(19)9-11-15/h5-12H,4H2,1-3H3. The first-order valence-corrected chi connectivity index (χ1v) is 9.00. The summed E-state index contributed by atoms with van der Waals surface area (Å²) in [4.78, 5) is 13.1. The zero-order chi connectivity index (χ0) is 17.7. The van der Waals surface area contributed by atoms with Crippen molar-refractivity contribution in [2.75, 3.05) is 6.61 Å². The fourth-order valence-electron chi connectivity index (χ4n) is 1.99. The van der Waals surface area contributed by atoms with Gasteiger partial charge in [-0.3, -0.25) is 0 Å². The van der Waals surface area contributed by atoms with E-state index in [1.54, 1.807) is 69.3 Å². The van der Waals surface area contributed by atoms with Gasteiger partial charge in [0.25, 0.3) is 0 Å². The molecule has 0 aliphatic heterocycles. The van der Waals surface area contributed by atoms with Crippen LogP contribution in [0.25, 0.3) is 0 Å². The molecule has 0 saturated heterocycles. The summed E-state index contributed by atoms with van der Waals surface area (Å²) in [5, 5.41) is 0.587. The Morgan fingerprint density at radius 2 is 1.79 bits per heavy atom. The van der Waals surface area contributed by atoms with Crippen molar-refractivity contribution in [2.24, 2.45) is 0 Å². The molecular weight excluding hydrogens is 348 g/mol. The van der Waals surface area contributed by atoms with Crippen molar-refractivity contribution in [1.82, 2.24) is 0 Å². The fourth-order valence-corrected chi connectivity index (χ4v) is 3.20. The molecular formula is C18H19ClO4S. The lowest BCUT2D eigenvalue weighted by Crippen LogP contribution is -2.39. The number of hydrogen-bond donors (Lipinski definition) is 0. The molecule has 0 aliphatic rings. The first-order valence-electron chi connectivity index (χ1n) is 7.47. The molecule has 0 fully saturated rings. The second kappa shape index (κ2) is 7.81. The van der Waals surface area contributed by atoms with E-state index in [2.05, 4.69) is 0 Å². The van der Waals surface area contributed by atoms with Gasteiger partial charge in [-0.1, -0.05) is 17.7 Å². The molecule has 128 valence electrons. The molecule has 0 aliphatic carbocycles. The van der Waals surface area contributed by atoms with Crippen LogP contribution in [0.4, 0.5) is 0 Å². The Morgan fingerprint density at radius 1 is 1.12 bits per heavy atom. The zero-order valence-corrected chi connectivity index (χ0v) is 15.3. The molecule has 0 spiro atoms. The Kier molecular flexibility index (Phi) is 6.02. The van der Waals surface area contributed by atoms with Crippen molar-refractivity contribution < 1.29 is 18.5 Å². The number of halogens is 1.